The van der Waals surface area contributed by atoms with E-state index in [9.17, 15) is 5.11 Å². The molecule has 0 radical (unpaired) electrons. The number of rotatable bonds is 3. The lowest BCUT2D eigenvalue weighted by atomic mass is 9.98. The van der Waals surface area contributed by atoms with Crippen molar-refractivity contribution < 1.29 is 5.11 Å². The van der Waals surface area contributed by atoms with Gasteiger partial charge in [-0.2, -0.15) is 5.10 Å². The zero-order chi connectivity index (χ0) is 11.0. The van der Waals surface area contributed by atoms with Crippen LogP contribution in [0.25, 0.3) is 0 Å². The highest BCUT2D eigenvalue weighted by molar-refractivity contribution is 4.94. The monoisotopic (exact) mass is 221 g/mol. The SMILES string of the molecule is OC1(CN2CC(n3cccn3)C2)CCCC1. The Balaban J connectivity index is 1.50. The second-order valence-corrected chi connectivity index (χ2v) is 5.27. The van der Waals surface area contributed by atoms with Gasteiger partial charge in [-0.05, 0) is 18.9 Å². The van der Waals surface area contributed by atoms with Crippen LogP contribution in [0, 0.1) is 0 Å². The van der Waals surface area contributed by atoms with Crippen LogP contribution >= 0.6 is 0 Å². The van der Waals surface area contributed by atoms with E-state index in [2.05, 4.69) is 10.00 Å². The van der Waals surface area contributed by atoms with Gasteiger partial charge >= 0.3 is 0 Å². The Labute approximate surface area is 95.9 Å². The van der Waals surface area contributed by atoms with Crippen molar-refractivity contribution in [3.63, 3.8) is 0 Å². The minimum Gasteiger partial charge on any atom is -0.389 e. The molecule has 16 heavy (non-hydrogen) atoms. The van der Waals surface area contributed by atoms with E-state index in [0.29, 0.717) is 6.04 Å². The molecule has 1 saturated heterocycles. The van der Waals surface area contributed by atoms with Crippen molar-refractivity contribution in [2.75, 3.05) is 19.6 Å². The Hall–Kier alpha value is -0.870. The van der Waals surface area contributed by atoms with Crippen LogP contribution in [0.3, 0.4) is 0 Å². The normalized spacial score (nSPS) is 25.8. The summed E-state index contributed by atoms with van der Waals surface area (Å²) >= 11 is 0. The third-order valence-corrected chi connectivity index (χ3v) is 3.89. The first-order valence-electron chi connectivity index (χ1n) is 6.19. The van der Waals surface area contributed by atoms with Gasteiger partial charge in [0.05, 0.1) is 11.6 Å². The van der Waals surface area contributed by atoms with Crippen molar-refractivity contribution in [3.8, 4) is 0 Å². The number of aromatic nitrogens is 2. The lowest BCUT2D eigenvalue weighted by molar-refractivity contribution is -0.0256. The van der Waals surface area contributed by atoms with Crippen LogP contribution in [-0.2, 0) is 0 Å². The molecule has 1 aliphatic carbocycles. The molecular weight excluding hydrogens is 202 g/mol. The van der Waals surface area contributed by atoms with Crippen LogP contribution in [0.5, 0.6) is 0 Å². The Morgan fingerprint density at radius 2 is 2.06 bits per heavy atom. The molecule has 0 bridgehead atoms. The van der Waals surface area contributed by atoms with Crippen molar-refractivity contribution in [2.45, 2.75) is 37.3 Å². The van der Waals surface area contributed by atoms with Crippen LogP contribution in [0.1, 0.15) is 31.7 Å². The molecule has 1 aliphatic heterocycles. The largest absolute Gasteiger partial charge is 0.389 e. The molecule has 0 spiro atoms. The van der Waals surface area contributed by atoms with E-state index in [-0.39, 0.29) is 0 Å². The van der Waals surface area contributed by atoms with E-state index in [1.807, 2.05) is 23.1 Å². The minimum atomic E-state index is -0.394. The zero-order valence-corrected chi connectivity index (χ0v) is 9.55. The van der Waals surface area contributed by atoms with Gasteiger partial charge in [-0.1, -0.05) is 12.8 Å². The minimum absolute atomic E-state index is 0.394. The molecule has 0 aromatic carbocycles. The summed E-state index contributed by atoms with van der Waals surface area (Å²) in [6.45, 7) is 2.92. The molecule has 2 aliphatic rings. The number of nitrogens with zero attached hydrogens (tertiary/aromatic N) is 3. The second kappa shape index (κ2) is 3.86. The van der Waals surface area contributed by atoms with Crippen LogP contribution in [0.4, 0.5) is 0 Å². The van der Waals surface area contributed by atoms with Crippen molar-refractivity contribution >= 4 is 0 Å². The molecular formula is C12H19N3O. The maximum absolute atomic E-state index is 10.3. The standard InChI is InChI=1S/C12H19N3O/c16-12(4-1-2-5-12)10-14-8-11(9-14)15-7-3-6-13-15/h3,6-7,11,16H,1-2,4-5,8-10H2. The Bertz CT molecular complexity index is 337. The van der Waals surface area contributed by atoms with Crippen LogP contribution in [0.2, 0.25) is 0 Å². The van der Waals surface area contributed by atoms with E-state index in [0.717, 1.165) is 32.5 Å². The number of hydrogen-bond donors (Lipinski definition) is 1. The average molecular weight is 221 g/mol. The molecule has 1 aromatic heterocycles. The first-order chi connectivity index (χ1) is 7.75. The van der Waals surface area contributed by atoms with Crippen molar-refractivity contribution in [1.29, 1.82) is 0 Å². The van der Waals surface area contributed by atoms with Gasteiger partial charge < -0.3 is 5.11 Å². The van der Waals surface area contributed by atoms with E-state index in [1.165, 1.54) is 12.8 Å². The predicted molar refractivity (Wildman–Crippen MR) is 61.1 cm³/mol. The van der Waals surface area contributed by atoms with E-state index in [1.54, 1.807) is 0 Å². The summed E-state index contributed by atoms with van der Waals surface area (Å²) in [5.41, 5.74) is -0.394. The fraction of sp³-hybridized carbons (Fsp3) is 0.750. The highest BCUT2D eigenvalue weighted by Crippen LogP contribution is 2.32. The predicted octanol–water partition coefficient (Wildman–Crippen LogP) is 1.04. The van der Waals surface area contributed by atoms with Gasteiger partial charge in [-0.3, -0.25) is 9.58 Å². The molecule has 4 nitrogen and oxygen atoms in total. The van der Waals surface area contributed by atoms with Crippen LogP contribution in [-0.4, -0.2) is 45.0 Å². The van der Waals surface area contributed by atoms with Crippen molar-refractivity contribution in [1.82, 2.24) is 14.7 Å². The van der Waals surface area contributed by atoms with Crippen molar-refractivity contribution in [2.24, 2.45) is 0 Å². The molecule has 0 unspecified atom stereocenters. The highest BCUT2D eigenvalue weighted by atomic mass is 16.3. The zero-order valence-electron chi connectivity index (χ0n) is 9.55. The summed E-state index contributed by atoms with van der Waals surface area (Å²) < 4.78 is 2.02. The van der Waals surface area contributed by atoms with Gasteiger partial charge in [-0.25, -0.2) is 0 Å². The van der Waals surface area contributed by atoms with E-state index < -0.39 is 5.60 Å². The third-order valence-electron chi connectivity index (χ3n) is 3.89. The molecule has 1 saturated carbocycles. The molecule has 2 heterocycles. The van der Waals surface area contributed by atoms with Crippen LogP contribution < -0.4 is 0 Å². The molecule has 1 aromatic rings. The highest BCUT2D eigenvalue weighted by Gasteiger charge is 2.37. The quantitative estimate of drug-likeness (QED) is 0.829. The molecule has 88 valence electrons. The molecule has 1 N–H and O–H groups in total. The topological polar surface area (TPSA) is 41.3 Å². The Morgan fingerprint density at radius 1 is 1.31 bits per heavy atom. The molecule has 3 rings (SSSR count). The lowest BCUT2D eigenvalue weighted by Crippen LogP contribution is -2.53. The maximum Gasteiger partial charge on any atom is 0.0774 e. The molecule has 0 atom stereocenters. The summed E-state index contributed by atoms with van der Waals surface area (Å²) in [7, 11) is 0. The summed E-state index contributed by atoms with van der Waals surface area (Å²) in [4.78, 5) is 2.34. The first-order valence-corrected chi connectivity index (χ1v) is 6.19. The van der Waals surface area contributed by atoms with E-state index >= 15 is 0 Å². The third kappa shape index (κ3) is 1.87. The Kier molecular flexibility index (Phi) is 2.48. The lowest BCUT2D eigenvalue weighted by Gasteiger charge is -2.42. The van der Waals surface area contributed by atoms with Gasteiger partial charge in [0.1, 0.15) is 0 Å². The number of β-amino-alcohol motifs (C(OH)–C–C–N with tert-alkyl or cyclic N) is 1. The smallest absolute Gasteiger partial charge is 0.0774 e. The van der Waals surface area contributed by atoms with Gasteiger partial charge in [-0.15, -0.1) is 0 Å². The fourth-order valence-corrected chi connectivity index (χ4v) is 2.94. The molecule has 2 fully saturated rings. The number of hydrogen-bond acceptors (Lipinski definition) is 3. The van der Waals surface area contributed by atoms with Gasteiger partial charge in [0.25, 0.3) is 0 Å². The maximum atomic E-state index is 10.3. The van der Waals surface area contributed by atoms with Gasteiger partial charge in [0, 0.05) is 32.0 Å². The average Bonchev–Trinajstić information content (AvgIpc) is 2.82. The van der Waals surface area contributed by atoms with Gasteiger partial charge in [0.2, 0.25) is 0 Å². The summed E-state index contributed by atoms with van der Waals surface area (Å²) in [6.07, 6.45) is 8.19. The molecule has 0 amide bonds. The summed E-state index contributed by atoms with van der Waals surface area (Å²) in [6, 6.07) is 2.48. The Morgan fingerprint density at radius 3 is 2.69 bits per heavy atom. The second-order valence-electron chi connectivity index (χ2n) is 5.27. The summed E-state index contributed by atoms with van der Waals surface area (Å²) in [5.74, 6) is 0. The van der Waals surface area contributed by atoms with Gasteiger partial charge in [0.15, 0.2) is 0 Å². The van der Waals surface area contributed by atoms with Crippen LogP contribution in [0.15, 0.2) is 18.5 Å². The number of likely N-dealkylation sites (tertiary alicyclic amines) is 1. The van der Waals surface area contributed by atoms with E-state index in [4.69, 9.17) is 0 Å². The summed E-state index contributed by atoms with van der Waals surface area (Å²) in [5, 5.41) is 14.5. The fourth-order valence-electron chi connectivity index (χ4n) is 2.94. The van der Waals surface area contributed by atoms with Crippen molar-refractivity contribution in [3.05, 3.63) is 18.5 Å². The number of aliphatic hydroxyl groups is 1. The molecule has 4 heteroatoms. The first kappa shape index (κ1) is 10.3.